The van der Waals surface area contributed by atoms with Crippen LogP contribution in [0.25, 0.3) is 0 Å². The Balaban J connectivity index is 1.68. The SMILES string of the molecule is CCC1CC1C(N)CC1CC1. The van der Waals surface area contributed by atoms with Gasteiger partial charge < -0.3 is 5.73 Å². The lowest BCUT2D eigenvalue weighted by atomic mass is 10.0. The van der Waals surface area contributed by atoms with Crippen LogP contribution in [0.2, 0.25) is 0 Å². The molecule has 2 N–H and O–H groups in total. The zero-order chi connectivity index (χ0) is 7.84. The van der Waals surface area contributed by atoms with Crippen molar-refractivity contribution in [3.8, 4) is 0 Å². The van der Waals surface area contributed by atoms with Crippen molar-refractivity contribution in [2.45, 2.75) is 45.1 Å². The van der Waals surface area contributed by atoms with Crippen LogP contribution in [0.1, 0.15) is 39.0 Å². The molecule has 2 fully saturated rings. The molecular weight excluding hydrogens is 134 g/mol. The molecule has 0 radical (unpaired) electrons. The molecular formula is C10H19N. The lowest BCUT2D eigenvalue weighted by molar-refractivity contribution is 0.484. The zero-order valence-electron chi connectivity index (χ0n) is 7.42. The van der Waals surface area contributed by atoms with Crippen LogP contribution in [0.3, 0.4) is 0 Å². The van der Waals surface area contributed by atoms with Crippen molar-refractivity contribution in [3.63, 3.8) is 0 Å². The molecule has 11 heavy (non-hydrogen) atoms. The lowest BCUT2D eigenvalue weighted by Crippen LogP contribution is -2.23. The molecule has 1 nitrogen and oxygen atoms in total. The van der Waals surface area contributed by atoms with Gasteiger partial charge in [0.05, 0.1) is 0 Å². The number of hydrogen-bond acceptors (Lipinski definition) is 1. The first kappa shape index (κ1) is 7.60. The summed E-state index contributed by atoms with van der Waals surface area (Å²) in [7, 11) is 0. The minimum absolute atomic E-state index is 0.549. The Morgan fingerprint density at radius 1 is 1.45 bits per heavy atom. The van der Waals surface area contributed by atoms with Crippen LogP contribution in [0.5, 0.6) is 0 Å². The summed E-state index contributed by atoms with van der Waals surface area (Å²) in [6.07, 6.45) is 7.00. The van der Waals surface area contributed by atoms with E-state index in [0.29, 0.717) is 6.04 Å². The maximum Gasteiger partial charge on any atom is 0.00725 e. The van der Waals surface area contributed by atoms with Crippen molar-refractivity contribution >= 4 is 0 Å². The Labute approximate surface area is 69.4 Å². The minimum Gasteiger partial charge on any atom is -0.327 e. The van der Waals surface area contributed by atoms with E-state index in [1.54, 1.807) is 0 Å². The third-order valence-electron chi connectivity index (χ3n) is 3.35. The minimum atomic E-state index is 0.549. The Hall–Kier alpha value is -0.0400. The summed E-state index contributed by atoms with van der Waals surface area (Å²) in [5.41, 5.74) is 6.09. The lowest BCUT2D eigenvalue weighted by Gasteiger charge is -2.09. The molecule has 3 unspecified atom stereocenters. The number of rotatable bonds is 4. The summed E-state index contributed by atoms with van der Waals surface area (Å²) >= 11 is 0. The summed E-state index contributed by atoms with van der Waals surface area (Å²) in [6, 6.07) is 0.549. The van der Waals surface area contributed by atoms with E-state index in [0.717, 1.165) is 17.8 Å². The van der Waals surface area contributed by atoms with Gasteiger partial charge in [-0.25, -0.2) is 0 Å². The highest BCUT2D eigenvalue weighted by atomic mass is 14.7. The predicted molar refractivity (Wildman–Crippen MR) is 47.2 cm³/mol. The maximum atomic E-state index is 6.09. The van der Waals surface area contributed by atoms with Crippen LogP contribution in [0.4, 0.5) is 0 Å². The van der Waals surface area contributed by atoms with E-state index >= 15 is 0 Å². The fraction of sp³-hybridized carbons (Fsp3) is 1.00. The first-order valence-corrected chi connectivity index (χ1v) is 5.06. The average Bonchev–Trinajstić information content (AvgIpc) is 2.82. The van der Waals surface area contributed by atoms with Crippen LogP contribution < -0.4 is 5.73 Å². The van der Waals surface area contributed by atoms with Crippen LogP contribution in [0, 0.1) is 17.8 Å². The molecule has 64 valence electrons. The normalized spacial score (nSPS) is 38.7. The van der Waals surface area contributed by atoms with Gasteiger partial charge in [-0.2, -0.15) is 0 Å². The molecule has 0 bridgehead atoms. The van der Waals surface area contributed by atoms with Gasteiger partial charge in [-0.05, 0) is 30.6 Å². The highest BCUT2D eigenvalue weighted by Crippen LogP contribution is 2.46. The first-order valence-electron chi connectivity index (χ1n) is 5.06. The summed E-state index contributed by atoms with van der Waals surface area (Å²) in [5, 5.41) is 0. The Bertz CT molecular complexity index is 140. The van der Waals surface area contributed by atoms with E-state index in [1.165, 1.54) is 32.1 Å². The van der Waals surface area contributed by atoms with E-state index in [-0.39, 0.29) is 0 Å². The third-order valence-corrected chi connectivity index (χ3v) is 3.35. The molecule has 2 aliphatic rings. The fourth-order valence-electron chi connectivity index (χ4n) is 2.18. The topological polar surface area (TPSA) is 26.0 Å². The van der Waals surface area contributed by atoms with Crippen LogP contribution in [0.15, 0.2) is 0 Å². The number of hydrogen-bond donors (Lipinski definition) is 1. The van der Waals surface area contributed by atoms with Crippen molar-refractivity contribution in [1.82, 2.24) is 0 Å². The van der Waals surface area contributed by atoms with Gasteiger partial charge in [0, 0.05) is 6.04 Å². The van der Waals surface area contributed by atoms with Gasteiger partial charge in [-0.1, -0.05) is 26.2 Å². The van der Waals surface area contributed by atoms with Crippen LogP contribution in [-0.4, -0.2) is 6.04 Å². The molecule has 2 rings (SSSR count). The summed E-state index contributed by atoms with van der Waals surface area (Å²) in [5.74, 6) is 2.91. The molecule has 3 atom stereocenters. The van der Waals surface area contributed by atoms with Crippen molar-refractivity contribution in [3.05, 3.63) is 0 Å². The van der Waals surface area contributed by atoms with Gasteiger partial charge in [0.15, 0.2) is 0 Å². The second-order valence-corrected chi connectivity index (χ2v) is 4.41. The molecule has 0 aromatic carbocycles. The third kappa shape index (κ3) is 1.76. The summed E-state index contributed by atoms with van der Waals surface area (Å²) in [4.78, 5) is 0. The van der Waals surface area contributed by atoms with E-state index in [2.05, 4.69) is 6.92 Å². The molecule has 0 amide bonds. The standard InChI is InChI=1S/C10H19N/c1-2-8-6-9(8)10(11)5-7-3-4-7/h7-10H,2-6,11H2,1H3. The smallest absolute Gasteiger partial charge is 0.00725 e. The highest BCUT2D eigenvalue weighted by Gasteiger charge is 2.41. The van der Waals surface area contributed by atoms with Gasteiger partial charge in [0.2, 0.25) is 0 Å². The molecule has 0 aromatic heterocycles. The van der Waals surface area contributed by atoms with Crippen molar-refractivity contribution in [2.75, 3.05) is 0 Å². The van der Waals surface area contributed by atoms with E-state index < -0.39 is 0 Å². The van der Waals surface area contributed by atoms with Crippen molar-refractivity contribution in [1.29, 1.82) is 0 Å². The second-order valence-electron chi connectivity index (χ2n) is 4.41. The van der Waals surface area contributed by atoms with Crippen LogP contribution in [-0.2, 0) is 0 Å². The molecule has 0 spiro atoms. The molecule has 2 saturated carbocycles. The molecule has 1 heteroatoms. The fourth-order valence-corrected chi connectivity index (χ4v) is 2.18. The van der Waals surface area contributed by atoms with Crippen LogP contribution >= 0.6 is 0 Å². The second kappa shape index (κ2) is 2.78. The zero-order valence-corrected chi connectivity index (χ0v) is 7.42. The molecule has 0 aliphatic heterocycles. The molecule has 2 aliphatic carbocycles. The molecule has 0 heterocycles. The number of nitrogens with two attached hydrogens (primary N) is 1. The molecule has 0 aromatic rings. The molecule has 0 saturated heterocycles. The van der Waals surface area contributed by atoms with Gasteiger partial charge in [0.1, 0.15) is 0 Å². The summed E-state index contributed by atoms with van der Waals surface area (Å²) < 4.78 is 0. The van der Waals surface area contributed by atoms with Gasteiger partial charge in [-0.3, -0.25) is 0 Å². The monoisotopic (exact) mass is 153 g/mol. The predicted octanol–water partition coefficient (Wildman–Crippen LogP) is 2.16. The summed E-state index contributed by atoms with van der Waals surface area (Å²) in [6.45, 7) is 2.29. The van der Waals surface area contributed by atoms with Gasteiger partial charge >= 0.3 is 0 Å². The largest absolute Gasteiger partial charge is 0.327 e. The van der Waals surface area contributed by atoms with Gasteiger partial charge in [0.25, 0.3) is 0 Å². The Kier molecular flexibility index (Phi) is 1.92. The highest BCUT2D eigenvalue weighted by molar-refractivity contribution is 4.94. The van der Waals surface area contributed by atoms with Gasteiger partial charge in [-0.15, -0.1) is 0 Å². The maximum absolute atomic E-state index is 6.09. The Morgan fingerprint density at radius 3 is 2.64 bits per heavy atom. The first-order chi connectivity index (χ1) is 5.31. The van der Waals surface area contributed by atoms with Crippen molar-refractivity contribution in [2.24, 2.45) is 23.5 Å². The van der Waals surface area contributed by atoms with E-state index in [4.69, 9.17) is 5.73 Å². The van der Waals surface area contributed by atoms with E-state index in [1.807, 2.05) is 0 Å². The Morgan fingerprint density at radius 2 is 2.18 bits per heavy atom. The quantitative estimate of drug-likeness (QED) is 0.658. The average molecular weight is 153 g/mol. The van der Waals surface area contributed by atoms with Crippen molar-refractivity contribution < 1.29 is 0 Å². The van der Waals surface area contributed by atoms with E-state index in [9.17, 15) is 0 Å².